The van der Waals surface area contributed by atoms with Crippen LogP contribution in [0.3, 0.4) is 0 Å². The second-order valence-electron chi connectivity index (χ2n) is 4.33. The number of benzene rings is 2. The van der Waals surface area contributed by atoms with Gasteiger partial charge in [0.05, 0.1) is 0 Å². The number of hydrogen-bond acceptors (Lipinski definition) is 2. The van der Waals surface area contributed by atoms with Crippen LogP contribution in [0, 0.1) is 3.57 Å². The minimum Gasteiger partial charge on any atom is -0.445 e. The summed E-state index contributed by atoms with van der Waals surface area (Å²) in [6.45, 7) is 0.878. The van der Waals surface area contributed by atoms with Gasteiger partial charge in [-0.25, -0.2) is 4.79 Å². The van der Waals surface area contributed by atoms with E-state index in [1.807, 2.05) is 42.5 Å². The number of halogens is 1. The van der Waals surface area contributed by atoms with Crippen LogP contribution in [0.1, 0.15) is 11.1 Å². The largest absolute Gasteiger partial charge is 0.445 e. The van der Waals surface area contributed by atoms with Gasteiger partial charge >= 0.3 is 6.09 Å². The first-order valence-corrected chi connectivity index (χ1v) is 7.51. The molecule has 2 aromatic rings. The Labute approximate surface area is 132 Å². The van der Waals surface area contributed by atoms with Gasteiger partial charge in [0, 0.05) is 10.1 Å². The van der Waals surface area contributed by atoms with Crippen molar-refractivity contribution >= 4 is 28.7 Å². The van der Waals surface area contributed by atoms with E-state index in [1.165, 1.54) is 9.13 Å². The highest BCUT2D eigenvalue weighted by molar-refractivity contribution is 14.1. The lowest BCUT2D eigenvalue weighted by atomic mass is 10.1. The second kappa shape index (κ2) is 7.89. The zero-order valence-corrected chi connectivity index (χ0v) is 13.2. The second-order valence-corrected chi connectivity index (χ2v) is 5.49. The third kappa shape index (κ3) is 4.85. The summed E-state index contributed by atoms with van der Waals surface area (Å²) in [4.78, 5) is 11.6. The summed E-state index contributed by atoms with van der Waals surface area (Å²) < 4.78 is 6.36. The van der Waals surface area contributed by atoms with Crippen LogP contribution in [-0.4, -0.2) is 12.6 Å². The molecule has 4 heteroatoms. The first kappa shape index (κ1) is 14.8. The van der Waals surface area contributed by atoms with Crippen molar-refractivity contribution in [1.82, 2.24) is 5.32 Å². The Kier molecular flexibility index (Phi) is 5.86. The van der Waals surface area contributed by atoms with Gasteiger partial charge in [-0.1, -0.05) is 48.5 Å². The molecule has 1 amide bonds. The Morgan fingerprint density at radius 3 is 2.50 bits per heavy atom. The first-order chi connectivity index (χ1) is 9.75. The summed E-state index contributed by atoms with van der Waals surface area (Å²) >= 11 is 2.30. The third-order valence-corrected chi connectivity index (χ3v) is 3.89. The summed E-state index contributed by atoms with van der Waals surface area (Å²) in [5, 5.41) is 2.76. The molecule has 20 heavy (non-hydrogen) atoms. The van der Waals surface area contributed by atoms with Gasteiger partial charge in [0.2, 0.25) is 0 Å². The lowest BCUT2D eigenvalue weighted by Crippen LogP contribution is -2.26. The smallest absolute Gasteiger partial charge is 0.407 e. The van der Waals surface area contributed by atoms with Crippen molar-refractivity contribution in [2.45, 2.75) is 13.0 Å². The fourth-order valence-corrected chi connectivity index (χ4v) is 2.43. The van der Waals surface area contributed by atoms with Crippen LogP contribution in [0.4, 0.5) is 4.79 Å². The maximum atomic E-state index is 11.6. The van der Waals surface area contributed by atoms with Crippen LogP contribution in [0.25, 0.3) is 0 Å². The maximum Gasteiger partial charge on any atom is 0.407 e. The Morgan fingerprint density at radius 1 is 1.05 bits per heavy atom. The van der Waals surface area contributed by atoms with Gasteiger partial charge in [-0.2, -0.15) is 0 Å². The van der Waals surface area contributed by atoms with Crippen molar-refractivity contribution in [3.63, 3.8) is 0 Å². The van der Waals surface area contributed by atoms with E-state index >= 15 is 0 Å². The Bertz CT molecular complexity index is 557. The SMILES string of the molecule is O=C(NCCc1ccccc1I)OCc1ccccc1. The zero-order chi connectivity index (χ0) is 14.2. The molecule has 0 atom stereocenters. The molecule has 3 nitrogen and oxygen atoms in total. The predicted molar refractivity (Wildman–Crippen MR) is 87.5 cm³/mol. The minimum atomic E-state index is -0.375. The number of amides is 1. The molecule has 104 valence electrons. The Hall–Kier alpha value is -1.56. The van der Waals surface area contributed by atoms with E-state index in [0.29, 0.717) is 13.2 Å². The lowest BCUT2D eigenvalue weighted by Gasteiger charge is -2.08. The number of carbonyl (C=O) groups excluding carboxylic acids is 1. The average molecular weight is 381 g/mol. The molecular formula is C16H16INO2. The lowest BCUT2D eigenvalue weighted by molar-refractivity contribution is 0.140. The summed E-state index contributed by atoms with van der Waals surface area (Å²) in [7, 11) is 0. The van der Waals surface area contributed by atoms with Gasteiger partial charge < -0.3 is 10.1 Å². The van der Waals surface area contributed by atoms with Crippen LogP contribution in [0.15, 0.2) is 54.6 Å². The summed E-state index contributed by atoms with van der Waals surface area (Å²) in [6.07, 6.45) is 0.430. The molecule has 2 aromatic carbocycles. The summed E-state index contributed by atoms with van der Waals surface area (Å²) in [5.41, 5.74) is 2.22. The maximum absolute atomic E-state index is 11.6. The molecule has 0 heterocycles. The summed E-state index contributed by atoms with van der Waals surface area (Å²) in [6, 6.07) is 17.8. The minimum absolute atomic E-state index is 0.301. The quantitative estimate of drug-likeness (QED) is 0.802. The van der Waals surface area contributed by atoms with Gasteiger partial charge in [-0.05, 0) is 46.2 Å². The van der Waals surface area contributed by atoms with Crippen LogP contribution in [0.2, 0.25) is 0 Å². The van der Waals surface area contributed by atoms with E-state index in [9.17, 15) is 4.79 Å². The standard InChI is InChI=1S/C16H16INO2/c17-15-9-5-4-8-14(15)10-11-18-16(19)20-12-13-6-2-1-3-7-13/h1-9H,10-12H2,(H,18,19). The number of ether oxygens (including phenoxy) is 1. The van der Waals surface area contributed by atoms with Crippen molar-refractivity contribution in [1.29, 1.82) is 0 Å². The van der Waals surface area contributed by atoms with Gasteiger partial charge in [-0.15, -0.1) is 0 Å². The molecule has 0 fully saturated rings. The fourth-order valence-electron chi connectivity index (χ4n) is 1.77. The fraction of sp³-hybridized carbons (Fsp3) is 0.188. The van der Waals surface area contributed by atoms with Crippen molar-refractivity contribution in [3.8, 4) is 0 Å². The van der Waals surface area contributed by atoms with Crippen LogP contribution < -0.4 is 5.32 Å². The molecule has 0 aliphatic rings. The molecule has 0 spiro atoms. The van der Waals surface area contributed by atoms with Crippen molar-refractivity contribution < 1.29 is 9.53 Å². The number of hydrogen-bond donors (Lipinski definition) is 1. The molecule has 0 aromatic heterocycles. The molecule has 0 aliphatic heterocycles. The van der Waals surface area contributed by atoms with Crippen molar-refractivity contribution in [2.75, 3.05) is 6.54 Å². The van der Waals surface area contributed by atoms with E-state index in [1.54, 1.807) is 0 Å². The summed E-state index contributed by atoms with van der Waals surface area (Å²) in [5.74, 6) is 0. The van der Waals surface area contributed by atoms with Crippen LogP contribution in [-0.2, 0) is 17.8 Å². The Morgan fingerprint density at radius 2 is 1.75 bits per heavy atom. The predicted octanol–water partition coefficient (Wildman–Crippen LogP) is 3.76. The number of nitrogens with one attached hydrogen (secondary N) is 1. The van der Waals surface area contributed by atoms with Crippen LogP contribution >= 0.6 is 22.6 Å². The van der Waals surface area contributed by atoms with Gasteiger partial charge in [0.25, 0.3) is 0 Å². The van der Waals surface area contributed by atoms with E-state index < -0.39 is 0 Å². The average Bonchev–Trinajstić information content (AvgIpc) is 2.48. The topological polar surface area (TPSA) is 38.3 Å². The highest BCUT2D eigenvalue weighted by Gasteiger charge is 2.03. The molecular weight excluding hydrogens is 365 g/mol. The van der Waals surface area contributed by atoms with Gasteiger partial charge in [0.1, 0.15) is 6.61 Å². The molecule has 1 N–H and O–H groups in total. The molecule has 0 bridgehead atoms. The number of rotatable bonds is 5. The molecule has 0 saturated carbocycles. The highest BCUT2D eigenvalue weighted by Crippen LogP contribution is 2.11. The molecule has 0 saturated heterocycles. The normalized spacial score (nSPS) is 10.1. The van der Waals surface area contributed by atoms with Gasteiger partial charge in [0.15, 0.2) is 0 Å². The van der Waals surface area contributed by atoms with E-state index in [4.69, 9.17) is 4.74 Å². The van der Waals surface area contributed by atoms with Gasteiger partial charge in [-0.3, -0.25) is 0 Å². The monoisotopic (exact) mass is 381 g/mol. The molecule has 0 radical (unpaired) electrons. The Balaban J connectivity index is 1.69. The van der Waals surface area contributed by atoms with Crippen LogP contribution in [0.5, 0.6) is 0 Å². The molecule has 2 rings (SSSR count). The molecule has 0 unspecified atom stereocenters. The zero-order valence-electron chi connectivity index (χ0n) is 11.0. The van der Waals surface area contributed by atoms with E-state index in [0.717, 1.165) is 12.0 Å². The number of carbonyl (C=O) groups is 1. The first-order valence-electron chi connectivity index (χ1n) is 6.43. The van der Waals surface area contributed by atoms with Crippen molar-refractivity contribution in [2.24, 2.45) is 0 Å². The number of alkyl carbamates (subject to hydrolysis) is 1. The third-order valence-electron chi connectivity index (χ3n) is 2.83. The highest BCUT2D eigenvalue weighted by atomic mass is 127. The molecule has 0 aliphatic carbocycles. The van der Waals surface area contributed by atoms with Crippen molar-refractivity contribution in [3.05, 3.63) is 69.3 Å². The van der Waals surface area contributed by atoms with E-state index in [-0.39, 0.29) is 6.09 Å². The van der Waals surface area contributed by atoms with E-state index in [2.05, 4.69) is 40.0 Å².